The van der Waals surface area contributed by atoms with Crippen molar-refractivity contribution < 1.29 is 4.79 Å². The molecule has 0 radical (unpaired) electrons. The second kappa shape index (κ2) is 9.06. The minimum absolute atomic E-state index is 0. The lowest BCUT2D eigenvalue weighted by atomic mass is 10.1. The summed E-state index contributed by atoms with van der Waals surface area (Å²) in [6.07, 6.45) is 0.998. The topological polar surface area (TPSA) is 58.4 Å². The molecule has 1 aromatic carbocycles. The average Bonchev–Trinajstić information content (AvgIpc) is 2.87. The molecule has 4 nitrogen and oxygen atoms in total. The Morgan fingerprint density at radius 3 is 2.65 bits per heavy atom. The minimum atomic E-state index is -0.101. The molecule has 0 bridgehead atoms. The number of hydrogen-bond acceptors (Lipinski definition) is 3. The fourth-order valence-corrected chi connectivity index (χ4v) is 2.20. The second-order valence-electron chi connectivity index (χ2n) is 4.91. The second-order valence-corrected chi connectivity index (χ2v) is 4.91. The average molecular weight is 320 g/mol. The standard InChI is InChI=1S/C14H21N3O.2ClH/c1-11(9-15)14(18)16-12-7-8-17(10-12)13-5-3-2-4-6-13;;/h2-6,11-12H,7-10,15H2,1H3,(H,16,18);2*1H. The van der Waals surface area contributed by atoms with Crippen molar-refractivity contribution in [2.75, 3.05) is 24.5 Å². The summed E-state index contributed by atoms with van der Waals surface area (Å²) in [6.45, 7) is 4.14. The van der Waals surface area contributed by atoms with E-state index >= 15 is 0 Å². The zero-order valence-electron chi connectivity index (χ0n) is 11.6. The molecule has 1 aliphatic rings. The van der Waals surface area contributed by atoms with Crippen LogP contribution in [0, 0.1) is 5.92 Å². The molecular formula is C14H23Cl2N3O. The summed E-state index contributed by atoms with van der Waals surface area (Å²) in [5, 5.41) is 3.07. The van der Waals surface area contributed by atoms with Crippen LogP contribution in [-0.2, 0) is 4.79 Å². The van der Waals surface area contributed by atoms with Crippen LogP contribution >= 0.6 is 24.8 Å². The van der Waals surface area contributed by atoms with Gasteiger partial charge in [0.2, 0.25) is 5.91 Å². The van der Waals surface area contributed by atoms with Gasteiger partial charge in [0.1, 0.15) is 0 Å². The van der Waals surface area contributed by atoms with Crippen molar-refractivity contribution in [3.8, 4) is 0 Å². The van der Waals surface area contributed by atoms with Crippen LogP contribution in [0.15, 0.2) is 30.3 Å². The first-order chi connectivity index (χ1) is 8.70. The maximum Gasteiger partial charge on any atom is 0.224 e. The van der Waals surface area contributed by atoms with Gasteiger partial charge >= 0.3 is 0 Å². The Hall–Kier alpha value is -0.970. The van der Waals surface area contributed by atoms with Gasteiger partial charge in [0.25, 0.3) is 0 Å². The van der Waals surface area contributed by atoms with Crippen molar-refractivity contribution in [3.63, 3.8) is 0 Å². The lowest BCUT2D eigenvalue weighted by Gasteiger charge is -2.19. The molecule has 1 amide bonds. The van der Waals surface area contributed by atoms with E-state index < -0.39 is 0 Å². The van der Waals surface area contributed by atoms with Crippen LogP contribution in [0.5, 0.6) is 0 Å². The fourth-order valence-electron chi connectivity index (χ4n) is 2.20. The van der Waals surface area contributed by atoms with E-state index in [4.69, 9.17) is 5.73 Å². The first kappa shape index (κ1) is 19.0. The Kier molecular flexibility index (Phi) is 8.62. The van der Waals surface area contributed by atoms with Crippen LogP contribution in [0.2, 0.25) is 0 Å². The molecule has 0 aromatic heterocycles. The third-order valence-corrected chi connectivity index (χ3v) is 3.46. The van der Waals surface area contributed by atoms with E-state index in [-0.39, 0.29) is 42.7 Å². The van der Waals surface area contributed by atoms with Gasteiger partial charge in [0, 0.05) is 37.3 Å². The summed E-state index contributed by atoms with van der Waals surface area (Å²) in [4.78, 5) is 14.1. The van der Waals surface area contributed by atoms with Crippen molar-refractivity contribution in [2.24, 2.45) is 11.7 Å². The third-order valence-electron chi connectivity index (χ3n) is 3.46. The van der Waals surface area contributed by atoms with Crippen molar-refractivity contribution in [1.29, 1.82) is 0 Å². The highest BCUT2D eigenvalue weighted by atomic mass is 35.5. The summed E-state index contributed by atoms with van der Waals surface area (Å²) in [6, 6.07) is 10.5. The number of rotatable bonds is 4. The van der Waals surface area contributed by atoms with Crippen molar-refractivity contribution in [3.05, 3.63) is 30.3 Å². The molecule has 6 heteroatoms. The monoisotopic (exact) mass is 319 g/mol. The molecule has 2 rings (SSSR count). The van der Waals surface area contributed by atoms with E-state index in [1.165, 1.54) is 5.69 Å². The van der Waals surface area contributed by atoms with Gasteiger partial charge in [-0.05, 0) is 18.6 Å². The number of para-hydroxylation sites is 1. The maximum absolute atomic E-state index is 11.8. The normalized spacial score (nSPS) is 18.7. The Morgan fingerprint density at radius 2 is 2.05 bits per heavy atom. The van der Waals surface area contributed by atoms with Crippen LogP contribution in [0.3, 0.4) is 0 Å². The van der Waals surface area contributed by atoms with E-state index in [9.17, 15) is 4.79 Å². The number of nitrogens with one attached hydrogen (secondary N) is 1. The van der Waals surface area contributed by atoms with Gasteiger partial charge in [-0.1, -0.05) is 25.1 Å². The van der Waals surface area contributed by atoms with Gasteiger partial charge in [-0.3, -0.25) is 4.79 Å². The van der Waals surface area contributed by atoms with Crippen LogP contribution in [0.1, 0.15) is 13.3 Å². The highest BCUT2D eigenvalue weighted by Crippen LogP contribution is 2.19. The molecule has 0 aliphatic carbocycles. The van der Waals surface area contributed by atoms with E-state index in [0.29, 0.717) is 6.54 Å². The highest BCUT2D eigenvalue weighted by molar-refractivity contribution is 5.85. The smallest absolute Gasteiger partial charge is 0.224 e. The molecule has 20 heavy (non-hydrogen) atoms. The number of nitrogens with zero attached hydrogens (tertiary/aromatic N) is 1. The minimum Gasteiger partial charge on any atom is -0.369 e. The largest absolute Gasteiger partial charge is 0.369 e. The summed E-state index contributed by atoms with van der Waals surface area (Å²) in [7, 11) is 0. The molecule has 1 heterocycles. The molecule has 0 saturated carbocycles. The number of hydrogen-bond donors (Lipinski definition) is 2. The van der Waals surface area contributed by atoms with Gasteiger partial charge < -0.3 is 16.0 Å². The molecule has 1 aliphatic heterocycles. The Balaban J connectivity index is 0.00000180. The van der Waals surface area contributed by atoms with Crippen molar-refractivity contribution >= 4 is 36.4 Å². The van der Waals surface area contributed by atoms with Gasteiger partial charge in [-0.15, -0.1) is 24.8 Å². The van der Waals surface area contributed by atoms with E-state index in [2.05, 4.69) is 22.3 Å². The fraction of sp³-hybridized carbons (Fsp3) is 0.500. The molecule has 3 N–H and O–H groups in total. The molecule has 114 valence electrons. The molecular weight excluding hydrogens is 297 g/mol. The maximum atomic E-state index is 11.8. The number of anilines is 1. The molecule has 1 saturated heterocycles. The van der Waals surface area contributed by atoms with Crippen LogP contribution in [0.4, 0.5) is 5.69 Å². The van der Waals surface area contributed by atoms with E-state index in [1.807, 2.05) is 25.1 Å². The molecule has 1 aromatic rings. The van der Waals surface area contributed by atoms with Gasteiger partial charge in [-0.25, -0.2) is 0 Å². The van der Waals surface area contributed by atoms with Crippen LogP contribution < -0.4 is 16.0 Å². The quantitative estimate of drug-likeness (QED) is 0.890. The van der Waals surface area contributed by atoms with Crippen LogP contribution in [0.25, 0.3) is 0 Å². The summed E-state index contributed by atoms with van der Waals surface area (Å²) in [5.41, 5.74) is 6.72. The van der Waals surface area contributed by atoms with Gasteiger partial charge in [0.05, 0.1) is 0 Å². The zero-order valence-corrected chi connectivity index (χ0v) is 13.3. The lowest BCUT2D eigenvalue weighted by molar-refractivity contribution is -0.124. The number of nitrogens with two attached hydrogens (primary N) is 1. The predicted octanol–water partition coefficient (Wildman–Crippen LogP) is 1.82. The molecule has 2 atom stereocenters. The zero-order chi connectivity index (χ0) is 13.0. The van der Waals surface area contributed by atoms with Gasteiger partial charge in [-0.2, -0.15) is 0 Å². The lowest BCUT2D eigenvalue weighted by Crippen LogP contribution is -2.41. The molecule has 0 spiro atoms. The number of benzene rings is 1. The van der Waals surface area contributed by atoms with Gasteiger partial charge in [0.15, 0.2) is 0 Å². The van der Waals surface area contributed by atoms with Crippen LogP contribution in [-0.4, -0.2) is 31.6 Å². The SMILES string of the molecule is CC(CN)C(=O)NC1CCN(c2ccccc2)C1.Cl.Cl. The Morgan fingerprint density at radius 1 is 1.40 bits per heavy atom. The summed E-state index contributed by atoms with van der Waals surface area (Å²) >= 11 is 0. The first-order valence-electron chi connectivity index (χ1n) is 6.51. The number of halogens is 2. The first-order valence-corrected chi connectivity index (χ1v) is 6.51. The summed E-state index contributed by atoms with van der Waals surface area (Å²) in [5.74, 6) is -0.0341. The third kappa shape index (κ3) is 4.85. The Bertz CT molecular complexity index is 403. The number of amides is 1. The number of carbonyl (C=O) groups excluding carboxylic acids is 1. The summed E-state index contributed by atoms with van der Waals surface area (Å²) < 4.78 is 0. The molecule has 2 unspecified atom stereocenters. The highest BCUT2D eigenvalue weighted by Gasteiger charge is 2.25. The number of carbonyl (C=O) groups is 1. The van der Waals surface area contributed by atoms with E-state index in [1.54, 1.807) is 0 Å². The predicted molar refractivity (Wildman–Crippen MR) is 87.9 cm³/mol. The Labute approximate surface area is 132 Å². The van der Waals surface area contributed by atoms with E-state index in [0.717, 1.165) is 19.5 Å². The van der Waals surface area contributed by atoms with Crippen molar-refractivity contribution in [1.82, 2.24) is 5.32 Å². The van der Waals surface area contributed by atoms with Crippen molar-refractivity contribution in [2.45, 2.75) is 19.4 Å². The molecule has 1 fully saturated rings.